The molecule has 1 aliphatic heterocycles. The van der Waals surface area contributed by atoms with Crippen LogP contribution in [-0.2, 0) is 14.9 Å². The Labute approximate surface area is 85.0 Å². The molecule has 0 aliphatic carbocycles. The molecule has 0 aromatic rings. The second-order valence-corrected chi connectivity index (χ2v) is 5.25. The van der Waals surface area contributed by atoms with Crippen LogP contribution in [0.15, 0.2) is 0 Å². The first-order chi connectivity index (χ1) is 6.41. The number of hydrogen-bond donors (Lipinski definition) is 0. The van der Waals surface area contributed by atoms with Gasteiger partial charge in [0.1, 0.15) is 12.6 Å². The molecule has 0 saturated carbocycles. The molecule has 84 valence electrons. The van der Waals surface area contributed by atoms with Crippen LogP contribution in [0.1, 0.15) is 13.8 Å². The molecule has 0 aromatic carbocycles. The molecule has 5 nitrogen and oxygen atoms in total. The van der Waals surface area contributed by atoms with Crippen LogP contribution < -0.4 is 0 Å². The highest BCUT2D eigenvalue weighted by Crippen LogP contribution is 2.18. The van der Waals surface area contributed by atoms with Crippen LogP contribution in [0.4, 0.5) is 0 Å². The van der Waals surface area contributed by atoms with Crippen LogP contribution in [0.25, 0.3) is 0 Å². The highest BCUT2D eigenvalue weighted by Gasteiger charge is 2.36. The van der Waals surface area contributed by atoms with Crippen molar-refractivity contribution >= 4 is 10.1 Å². The van der Waals surface area contributed by atoms with Gasteiger partial charge in [0.25, 0.3) is 0 Å². The molecule has 0 spiro atoms. The zero-order valence-electron chi connectivity index (χ0n) is 8.60. The first kappa shape index (κ1) is 11.9. The van der Waals surface area contributed by atoms with Crippen molar-refractivity contribution in [3.05, 3.63) is 0 Å². The van der Waals surface area contributed by atoms with E-state index in [0.717, 1.165) is 17.6 Å². The zero-order valence-corrected chi connectivity index (χ0v) is 9.42. The molecule has 1 fully saturated rings. The third-order valence-corrected chi connectivity index (χ3v) is 3.69. The Morgan fingerprint density at radius 2 is 2.00 bits per heavy atom. The average Bonchev–Trinajstić information content (AvgIpc) is 2.46. The van der Waals surface area contributed by atoms with Crippen molar-refractivity contribution in [3.8, 4) is 0 Å². The molecule has 1 heterocycles. The molecular weight excluding hydrogens is 206 g/mol. The van der Waals surface area contributed by atoms with E-state index in [4.69, 9.17) is 4.74 Å². The fourth-order valence-electron chi connectivity index (χ4n) is 1.79. The van der Waals surface area contributed by atoms with Gasteiger partial charge in [-0.3, -0.25) is 4.48 Å². The van der Waals surface area contributed by atoms with Gasteiger partial charge in [-0.1, -0.05) is 0 Å². The molecule has 6 heteroatoms. The van der Waals surface area contributed by atoms with Gasteiger partial charge in [-0.15, -0.1) is 0 Å². The summed E-state index contributed by atoms with van der Waals surface area (Å²) in [6.07, 6.45) is -0.419. The Hall–Kier alpha value is -0.170. The molecule has 1 unspecified atom stereocenters. The summed E-state index contributed by atoms with van der Waals surface area (Å²) in [5, 5.41) is 0. The quantitative estimate of drug-likeness (QED) is 0.486. The van der Waals surface area contributed by atoms with Crippen molar-refractivity contribution in [2.24, 2.45) is 0 Å². The van der Waals surface area contributed by atoms with Crippen LogP contribution in [0.3, 0.4) is 0 Å². The van der Waals surface area contributed by atoms with Gasteiger partial charge in [-0.05, 0) is 13.8 Å². The van der Waals surface area contributed by atoms with Crippen molar-refractivity contribution in [3.63, 3.8) is 0 Å². The SMILES string of the molecule is CC[N+]1(CC)COC(CS(=O)(=O)[O-])C1. The van der Waals surface area contributed by atoms with Crippen molar-refractivity contribution in [2.75, 3.05) is 32.1 Å². The van der Waals surface area contributed by atoms with Crippen molar-refractivity contribution in [2.45, 2.75) is 20.0 Å². The summed E-state index contributed by atoms with van der Waals surface area (Å²) < 4.78 is 37.7. The Morgan fingerprint density at radius 1 is 1.43 bits per heavy atom. The standard InChI is InChI=1S/C8H17NO4S/c1-3-9(4-2)5-8(13-7-9)6-14(10,11)12/h8H,3-7H2,1-2H3. The Kier molecular flexibility index (Phi) is 3.52. The summed E-state index contributed by atoms with van der Waals surface area (Å²) >= 11 is 0. The first-order valence-corrected chi connectivity index (χ1v) is 6.39. The third-order valence-electron chi connectivity index (χ3n) is 2.91. The normalized spacial score (nSPS) is 26.6. The lowest BCUT2D eigenvalue weighted by Crippen LogP contribution is -2.46. The number of nitrogens with zero attached hydrogens (tertiary/aromatic N) is 1. The van der Waals surface area contributed by atoms with Gasteiger partial charge in [-0.25, -0.2) is 8.42 Å². The highest BCUT2D eigenvalue weighted by atomic mass is 32.2. The summed E-state index contributed by atoms with van der Waals surface area (Å²) in [4.78, 5) is 0. The Bertz CT molecular complexity index is 284. The zero-order chi connectivity index (χ0) is 10.8. The monoisotopic (exact) mass is 223 g/mol. The molecule has 14 heavy (non-hydrogen) atoms. The first-order valence-electron chi connectivity index (χ1n) is 4.81. The number of quaternary nitrogens is 1. The Balaban J connectivity index is 2.57. The van der Waals surface area contributed by atoms with Crippen LogP contribution in [0.2, 0.25) is 0 Å². The van der Waals surface area contributed by atoms with E-state index in [9.17, 15) is 13.0 Å². The fourth-order valence-corrected chi connectivity index (χ4v) is 2.45. The summed E-state index contributed by atoms with van der Waals surface area (Å²) in [7, 11) is -4.16. The topological polar surface area (TPSA) is 66.4 Å². The molecule has 0 amide bonds. The fraction of sp³-hybridized carbons (Fsp3) is 1.00. The molecule has 1 atom stereocenters. The number of hydrogen-bond acceptors (Lipinski definition) is 4. The van der Waals surface area contributed by atoms with E-state index in [1.54, 1.807) is 0 Å². The van der Waals surface area contributed by atoms with E-state index in [-0.39, 0.29) is 0 Å². The molecule has 1 saturated heterocycles. The summed E-state index contributed by atoms with van der Waals surface area (Å²) in [6, 6.07) is 0. The predicted molar refractivity (Wildman–Crippen MR) is 50.5 cm³/mol. The van der Waals surface area contributed by atoms with E-state index in [2.05, 4.69) is 0 Å². The minimum Gasteiger partial charge on any atom is -0.748 e. The maximum atomic E-state index is 10.5. The number of likely N-dealkylation sites (N-methyl/N-ethyl adjacent to an activating group) is 1. The Morgan fingerprint density at radius 3 is 2.36 bits per heavy atom. The van der Waals surface area contributed by atoms with Crippen molar-refractivity contribution < 1.29 is 22.2 Å². The van der Waals surface area contributed by atoms with E-state index in [0.29, 0.717) is 13.3 Å². The summed E-state index contributed by atoms with van der Waals surface area (Å²) in [6.45, 7) is 7.06. The lowest BCUT2D eigenvalue weighted by molar-refractivity contribution is -0.922. The van der Waals surface area contributed by atoms with Crippen LogP contribution in [0.5, 0.6) is 0 Å². The van der Waals surface area contributed by atoms with Gasteiger partial charge in [-0.2, -0.15) is 0 Å². The van der Waals surface area contributed by atoms with Gasteiger partial charge in [0.15, 0.2) is 6.73 Å². The highest BCUT2D eigenvalue weighted by molar-refractivity contribution is 7.85. The van der Waals surface area contributed by atoms with Gasteiger partial charge >= 0.3 is 0 Å². The molecule has 1 aliphatic rings. The van der Waals surface area contributed by atoms with E-state index in [1.165, 1.54) is 0 Å². The maximum absolute atomic E-state index is 10.5. The molecule has 1 rings (SSSR count). The smallest absolute Gasteiger partial charge is 0.183 e. The minimum atomic E-state index is -4.16. The third kappa shape index (κ3) is 2.91. The molecule has 0 radical (unpaired) electrons. The van der Waals surface area contributed by atoms with Crippen molar-refractivity contribution in [1.82, 2.24) is 0 Å². The lowest BCUT2D eigenvalue weighted by Gasteiger charge is -2.29. The number of rotatable bonds is 4. The second kappa shape index (κ2) is 4.14. The molecular formula is C8H17NO4S. The summed E-state index contributed by atoms with van der Waals surface area (Å²) in [5.41, 5.74) is 0. The van der Waals surface area contributed by atoms with Crippen LogP contribution in [-0.4, -0.2) is 55.7 Å². The molecule has 0 aromatic heterocycles. The van der Waals surface area contributed by atoms with Gasteiger partial charge in [0.2, 0.25) is 0 Å². The van der Waals surface area contributed by atoms with E-state index in [1.807, 2.05) is 13.8 Å². The van der Waals surface area contributed by atoms with E-state index >= 15 is 0 Å². The predicted octanol–water partition coefficient (Wildman–Crippen LogP) is -0.255. The molecule has 0 N–H and O–H groups in total. The van der Waals surface area contributed by atoms with Crippen LogP contribution in [0, 0.1) is 0 Å². The van der Waals surface area contributed by atoms with E-state index < -0.39 is 22.0 Å². The largest absolute Gasteiger partial charge is 0.748 e. The lowest BCUT2D eigenvalue weighted by atomic mass is 10.3. The second-order valence-electron chi connectivity index (χ2n) is 3.80. The number of ether oxygens (including phenoxy) is 1. The molecule has 0 bridgehead atoms. The van der Waals surface area contributed by atoms with Gasteiger partial charge in [0.05, 0.1) is 29.0 Å². The van der Waals surface area contributed by atoms with Crippen LogP contribution >= 0.6 is 0 Å². The van der Waals surface area contributed by atoms with Gasteiger partial charge < -0.3 is 9.29 Å². The average molecular weight is 223 g/mol. The minimum absolute atomic E-state index is 0.396. The maximum Gasteiger partial charge on any atom is 0.183 e. The van der Waals surface area contributed by atoms with Crippen molar-refractivity contribution in [1.29, 1.82) is 0 Å². The summed E-state index contributed by atoms with van der Waals surface area (Å²) in [5.74, 6) is -0.396. The van der Waals surface area contributed by atoms with Gasteiger partial charge in [0, 0.05) is 0 Å².